The van der Waals surface area contributed by atoms with E-state index in [1.807, 2.05) is 49.6 Å². The first kappa shape index (κ1) is 22.6. The molecule has 1 aliphatic carbocycles. The van der Waals surface area contributed by atoms with E-state index in [4.69, 9.17) is 4.42 Å². The Morgan fingerprint density at radius 2 is 1.71 bits per heavy atom. The number of benzene rings is 1. The number of Topliss-reactive ketones (excluding diaryl/α,β-unsaturated/α-hetero) is 1. The van der Waals surface area contributed by atoms with Gasteiger partial charge in [-0.3, -0.25) is 9.59 Å². The summed E-state index contributed by atoms with van der Waals surface area (Å²) in [7, 11) is 0. The number of thiophene rings is 1. The van der Waals surface area contributed by atoms with Gasteiger partial charge >= 0.3 is 5.97 Å². The van der Waals surface area contributed by atoms with Gasteiger partial charge in [0.15, 0.2) is 5.76 Å². The molecule has 1 N–H and O–H groups in total. The summed E-state index contributed by atoms with van der Waals surface area (Å²) < 4.78 is 5.71. The number of hydrogen-bond donors (Lipinski definition) is 1. The van der Waals surface area contributed by atoms with Crippen LogP contribution in [0.3, 0.4) is 0 Å². The Bertz CT molecular complexity index is 1250. The van der Waals surface area contributed by atoms with Gasteiger partial charge in [-0.25, -0.2) is 4.79 Å². The molecule has 2 aromatic heterocycles. The fourth-order valence-electron chi connectivity index (χ4n) is 5.20. The quantitative estimate of drug-likeness (QED) is 0.487. The Hall–Kier alpha value is -3.19. The van der Waals surface area contributed by atoms with E-state index in [2.05, 4.69) is 0 Å². The minimum absolute atomic E-state index is 0.178. The Morgan fingerprint density at radius 1 is 1.00 bits per heavy atom. The Morgan fingerprint density at radius 3 is 2.24 bits per heavy atom. The number of carbonyl (C=O) groups is 3. The molecule has 3 aromatic rings. The van der Waals surface area contributed by atoms with Gasteiger partial charge in [-0.1, -0.05) is 29.8 Å². The van der Waals surface area contributed by atoms with Crippen LogP contribution < -0.4 is 0 Å². The predicted octanol–water partition coefficient (Wildman–Crippen LogP) is 5.30. The maximum absolute atomic E-state index is 14.0. The number of likely N-dealkylation sites (tertiary alicyclic amines) is 1. The summed E-state index contributed by atoms with van der Waals surface area (Å²) in [5.74, 6) is -2.37. The van der Waals surface area contributed by atoms with Crippen LogP contribution in [0.15, 0.2) is 52.3 Å². The summed E-state index contributed by atoms with van der Waals surface area (Å²) in [6, 6.07) is 11.2. The minimum Gasteiger partial charge on any atom is -0.480 e. The molecule has 1 saturated heterocycles. The second-order valence-corrected chi connectivity index (χ2v) is 10.4. The van der Waals surface area contributed by atoms with Crippen molar-refractivity contribution in [1.29, 1.82) is 0 Å². The molecular weight excluding hydrogens is 450 g/mol. The van der Waals surface area contributed by atoms with Crippen LogP contribution in [-0.2, 0) is 9.59 Å². The molecule has 1 amide bonds. The Balaban J connectivity index is 1.74. The molecule has 3 heterocycles. The van der Waals surface area contributed by atoms with Gasteiger partial charge in [0.05, 0.1) is 12.0 Å². The Kier molecular flexibility index (Phi) is 5.68. The topological polar surface area (TPSA) is 87.8 Å². The van der Waals surface area contributed by atoms with Crippen LogP contribution in [0.2, 0.25) is 0 Å². The van der Waals surface area contributed by atoms with Crippen molar-refractivity contribution < 1.29 is 23.9 Å². The summed E-state index contributed by atoms with van der Waals surface area (Å²) in [5, 5.41) is 12.4. The summed E-state index contributed by atoms with van der Waals surface area (Å²) in [6.07, 6.45) is 1.50. The highest BCUT2D eigenvalue weighted by molar-refractivity contribution is 7.10. The molecule has 176 valence electrons. The molecule has 1 aromatic carbocycles. The number of carboxylic acids is 1. The second kappa shape index (κ2) is 8.55. The highest BCUT2D eigenvalue weighted by atomic mass is 32.1. The number of amides is 1. The molecule has 0 radical (unpaired) electrons. The number of carbonyl (C=O) groups excluding carboxylic acids is 2. The Labute approximate surface area is 202 Å². The summed E-state index contributed by atoms with van der Waals surface area (Å²) in [6.45, 7) is 5.67. The molecule has 7 heteroatoms. The van der Waals surface area contributed by atoms with E-state index in [1.54, 1.807) is 19.1 Å². The monoisotopic (exact) mass is 477 g/mol. The number of rotatable bonds is 6. The van der Waals surface area contributed by atoms with Gasteiger partial charge in [0.1, 0.15) is 11.8 Å². The molecule has 5 rings (SSSR count). The zero-order chi connectivity index (χ0) is 24.1. The molecule has 6 nitrogen and oxygen atoms in total. The van der Waals surface area contributed by atoms with Crippen molar-refractivity contribution in [3.8, 4) is 0 Å². The van der Waals surface area contributed by atoms with Crippen molar-refractivity contribution >= 4 is 29.0 Å². The van der Waals surface area contributed by atoms with Gasteiger partial charge in [0.25, 0.3) is 0 Å². The van der Waals surface area contributed by atoms with Gasteiger partial charge < -0.3 is 14.4 Å². The van der Waals surface area contributed by atoms with E-state index >= 15 is 0 Å². The molecule has 1 saturated carbocycles. The van der Waals surface area contributed by atoms with E-state index in [1.165, 1.54) is 16.2 Å². The molecule has 2 fully saturated rings. The summed E-state index contributed by atoms with van der Waals surface area (Å²) in [4.78, 5) is 42.8. The fourth-order valence-corrected chi connectivity index (χ4v) is 6.31. The number of furan rings is 1. The molecule has 0 bridgehead atoms. The van der Waals surface area contributed by atoms with E-state index in [9.17, 15) is 19.5 Å². The van der Waals surface area contributed by atoms with Crippen molar-refractivity contribution in [2.45, 2.75) is 51.6 Å². The number of nitrogens with zero attached hydrogens (tertiary/aromatic N) is 1. The van der Waals surface area contributed by atoms with Crippen LogP contribution in [-0.4, -0.2) is 33.7 Å². The third kappa shape index (κ3) is 3.78. The fraction of sp³-hybridized carbons (Fsp3) is 0.370. The van der Waals surface area contributed by atoms with Gasteiger partial charge in [-0.2, -0.15) is 0 Å². The number of hydrogen-bond acceptors (Lipinski definition) is 5. The molecular formula is C27H27NO5S. The molecule has 1 aliphatic heterocycles. The SMILES string of the molecule is Cc1ccc(C2C(C(=O)c3ccc(C)o3)C(c3sccc3C)C(C(=O)O)N2C(=O)C2CC2)cc1. The standard InChI is InChI=1S/C27H27NO5S/c1-14-4-7-17(8-5-14)22-20(24(29)19-11-6-16(3)33-19)21(25-15(2)12-13-34-25)23(27(31)32)28(22)26(30)18-9-10-18/h4-8,11-13,18,20-23H,9-10H2,1-3H3,(H,31,32). The lowest BCUT2D eigenvalue weighted by atomic mass is 9.79. The molecule has 2 aliphatic rings. The number of aryl methyl sites for hydroxylation is 3. The predicted molar refractivity (Wildman–Crippen MR) is 128 cm³/mol. The van der Waals surface area contributed by atoms with Crippen molar-refractivity contribution in [1.82, 2.24) is 4.90 Å². The summed E-state index contributed by atoms with van der Waals surface area (Å²) >= 11 is 1.44. The maximum atomic E-state index is 14.0. The van der Waals surface area contributed by atoms with Crippen LogP contribution in [0, 0.1) is 32.6 Å². The molecule has 4 unspecified atom stereocenters. The first-order chi connectivity index (χ1) is 16.3. The van der Waals surface area contributed by atoms with Crippen molar-refractivity contribution in [2.75, 3.05) is 0 Å². The zero-order valence-electron chi connectivity index (χ0n) is 19.4. The number of aliphatic carboxylic acids is 1. The molecule has 4 atom stereocenters. The van der Waals surface area contributed by atoms with Crippen LogP contribution in [0.1, 0.15) is 62.7 Å². The smallest absolute Gasteiger partial charge is 0.327 e. The number of carboxylic acid groups (broad SMARTS) is 1. The first-order valence-corrected chi connectivity index (χ1v) is 12.4. The maximum Gasteiger partial charge on any atom is 0.327 e. The third-order valence-electron chi connectivity index (χ3n) is 7.01. The van der Waals surface area contributed by atoms with Gasteiger partial charge in [-0.05, 0) is 68.3 Å². The van der Waals surface area contributed by atoms with E-state index in [-0.39, 0.29) is 23.4 Å². The zero-order valence-corrected chi connectivity index (χ0v) is 20.2. The van der Waals surface area contributed by atoms with Crippen LogP contribution in [0.5, 0.6) is 0 Å². The summed E-state index contributed by atoms with van der Waals surface area (Å²) in [5.41, 5.74) is 2.74. The van der Waals surface area contributed by atoms with Crippen molar-refractivity contribution in [3.05, 3.63) is 80.9 Å². The lowest BCUT2D eigenvalue weighted by Crippen LogP contribution is -2.44. The van der Waals surface area contributed by atoms with E-state index < -0.39 is 29.9 Å². The van der Waals surface area contributed by atoms with E-state index in [0.717, 1.165) is 34.4 Å². The van der Waals surface area contributed by atoms with Crippen molar-refractivity contribution in [2.24, 2.45) is 11.8 Å². The molecule has 0 spiro atoms. The highest BCUT2D eigenvalue weighted by Gasteiger charge is 2.59. The largest absolute Gasteiger partial charge is 0.480 e. The van der Waals surface area contributed by atoms with Crippen LogP contribution in [0.4, 0.5) is 0 Å². The van der Waals surface area contributed by atoms with Gasteiger partial charge in [-0.15, -0.1) is 11.3 Å². The number of ketones is 1. The van der Waals surface area contributed by atoms with Crippen LogP contribution in [0.25, 0.3) is 0 Å². The average Bonchev–Trinajstić information content (AvgIpc) is 3.27. The second-order valence-electron chi connectivity index (χ2n) is 9.45. The van der Waals surface area contributed by atoms with Crippen molar-refractivity contribution in [3.63, 3.8) is 0 Å². The lowest BCUT2D eigenvalue weighted by molar-refractivity contribution is -0.150. The minimum atomic E-state index is -1.14. The average molecular weight is 478 g/mol. The highest BCUT2D eigenvalue weighted by Crippen LogP contribution is 2.54. The molecule has 34 heavy (non-hydrogen) atoms. The van der Waals surface area contributed by atoms with Gasteiger partial charge in [0, 0.05) is 16.7 Å². The van der Waals surface area contributed by atoms with Crippen LogP contribution >= 0.6 is 11.3 Å². The van der Waals surface area contributed by atoms with Gasteiger partial charge in [0.2, 0.25) is 11.7 Å². The normalized spacial score (nSPS) is 24.4. The first-order valence-electron chi connectivity index (χ1n) is 11.5. The van der Waals surface area contributed by atoms with E-state index in [0.29, 0.717) is 5.76 Å². The lowest BCUT2D eigenvalue weighted by Gasteiger charge is -2.30. The third-order valence-corrected chi connectivity index (χ3v) is 8.13.